The number of piperidine rings is 1. The summed E-state index contributed by atoms with van der Waals surface area (Å²) in [5.74, 6) is 0. The van der Waals surface area contributed by atoms with E-state index < -0.39 is 0 Å². The average molecular weight is 352 g/mol. The second-order valence-electron chi connectivity index (χ2n) is 6.30. The number of likely N-dealkylation sites (tertiary alicyclic amines) is 1. The predicted octanol–water partition coefficient (Wildman–Crippen LogP) is 3.23. The number of halogens is 1. The van der Waals surface area contributed by atoms with Gasteiger partial charge in [0.1, 0.15) is 0 Å². The van der Waals surface area contributed by atoms with E-state index in [-0.39, 0.29) is 0 Å². The third-order valence-corrected chi connectivity index (χ3v) is 5.44. The number of rotatable bonds is 4. The van der Waals surface area contributed by atoms with Gasteiger partial charge in [-0.05, 0) is 73.0 Å². The number of nitrogens with one attached hydrogen (secondary N) is 1. The number of benzene rings is 1. The quantitative estimate of drug-likeness (QED) is 0.898. The van der Waals surface area contributed by atoms with Gasteiger partial charge in [0, 0.05) is 30.1 Å². The fraction of sp³-hybridized carbons (Fsp3) is 0.647. The largest absolute Gasteiger partial charge is 0.369 e. The van der Waals surface area contributed by atoms with Crippen LogP contribution in [-0.2, 0) is 6.54 Å². The Bertz CT molecular complexity index is 471. The molecule has 2 aliphatic rings. The summed E-state index contributed by atoms with van der Waals surface area (Å²) in [4.78, 5) is 5.26. The smallest absolute Gasteiger partial charge is 0.0511 e. The maximum Gasteiger partial charge on any atom is 0.0511 e. The normalized spacial score (nSPS) is 23.7. The van der Waals surface area contributed by atoms with Crippen LogP contribution in [0.2, 0.25) is 0 Å². The zero-order valence-corrected chi connectivity index (χ0v) is 14.5. The Morgan fingerprint density at radius 3 is 2.71 bits per heavy atom. The zero-order chi connectivity index (χ0) is 14.7. The van der Waals surface area contributed by atoms with Crippen LogP contribution in [0.4, 0.5) is 5.69 Å². The Hall–Kier alpha value is -0.580. The molecule has 0 spiro atoms. The fourth-order valence-electron chi connectivity index (χ4n) is 3.66. The van der Waals surface area contributed by atoms with Gasteiger partial charge in [-0.15, -0.1) is 0 Å². The molecular weight excluding hydrogens is 326 g/mol. The van der Waals surface area contributed by atoms with E-state index >= 15 is 0 Å². The van der Waals surface area contributed by atoms with Crippen LogP contribution >= 0.6 is 15.9 Å². The lowest BCUT2D eigenvalue weighted by atomic mass is 10.1. The van der Waals surface area contributed by atoms with E-state index in [0.717, 1.165) is 12.6 Å². The molecule has 116 valence electrons. The summed E-state index contributed by atoms with van der Waals surface area (Å²) in [6.07, 6.45) is 5.51. The van der Waals surface area contributed by atoms with Gasteiger partial charge in [-0.1, -0.05) is 12.5 Å². The first-order valence-electron chi connectivity index (χ1n) is 8.20. The summed E-state index contributed by atoms with van der Waals surface area (Å²) in [6, 6.07) is 7.52. The molecule has 4 heteroatoms. The molecular formula is C17H26BrN3. The summed E-state index contributed by atoms with van der Waals surface area (Å²) < 4.78 is 1.23. The molecule has 2 fully saturated rings. The van der Waals surface area contributed by atoms with Crippen LogP contribution in [0.25, 0.3) is 0 Å². The van der Waals surface area contributed by atoms with Gasteiger partial charge in [0.2, 0.25) is 0 Å². The zero-order valence-electron chi connectivity index (χ0n) is 12.9. The van der Waals surface area contributed by atoms with Crippen molar-refractivity contribution < 1.29 is 0 Å². The Morgan fingerprint density at radius 1 is 1.19 bits per heavy atom. The maximum absolute atomic E-state index is 3.76. The molecule has 2 aliphatic heterocycles. The van der Waals surface area contributed by atoms with Crippen LogP contribution in [0.1, 0.15) is 31.2 Å². The lowest BCUT2D eigenvalue weighted by molar-refractivity contribution is 0.175. The Morgan fingerprint density at radius 2 is 2.00 bits per heavy atom. The molecule has 21 heavy (non-hydrogen) atoms. The third kappa shape index (κ3) is 3.61. The van der Waals surface area contributed by atoms with Crippen molar-refractivity contribution in [1.29, 1.82) is 0 Å². The first-order valence-corrected chi connectivity index (χ1v) is 8.99. The second kappa shape index (κ2) is 7.12. The molecule has 0 bridgehead atoms. The van der Waals surface area contributed by atoms with Crippen LogP contribution in [0.3, 0.4) is 0 Å². The molecule has 2 saturated heterocycles. The van der Waals surface area contributed by atoms with Crippen molar-refractivity contribution in [2.45, 2.75) is 38.3 Å². The van der Waals surface area contributed by atoms with Crippen molar-refractivity contribution in [2.75, 3.05) is 38.1 Å². The molecule has 0 saturated carbocycles. The molecule has 0 aliphatic carbocycles. The van der Waals surface area contributed by atoms with Crippen LogP contribution in [-0.4, -0.2) is 44.2 Å². The van der Waals surface area contributed by atoms with Crippen LogP contribution in [0.5, 0.6) is 0 Å². The van der Waals surface area contributed by atoms with Crippen LogP contribution < -0.4 is 10.2 Å². The summed E-state index contributed by atoms with van der Waals surface area (Å²) in [6.45, 7) is 5.91. The highest BCUT2D eigenvalue weighted by Crippen LogP contribution is 2.31. The molecule has 1 unspecified atom stereocenters. The molecule has 1 N–H and O–H groups in total. The van der Waals surface area contributed by atoms with E-state index in [4.69, 9.17) is 0 Å². The van der Waals surface area contributed by atoms with E-state index in [1.54, 1.807) is 0 Å². The lowest BCUT2D eigenvalue weighted by Gasteiger charge is -2.32. The van der Waals surface area contributed by atoms with Crippen LogP contribution in [0.15, 0.2) is 22.7 Å². The molecule has 1 aromatic carbocycles. The number of hydrogen-bond acceptors (Lipinski definition) is 3. The molecule has 0 amide bonds. The molecule has 3 nitrogen and oxygen atoms in total. The van der Waals surface area contributed by atoms with Crippen molar-refractivity contribution in [2.24, 2.45) is 0 Å². The van der Waals surface area contributed by atoms with Gasteiger partial charge >= 0.3 is 0 Å². The minimum absolute atomic E-state index is 0.759. The van der Waals surface area contributed by atoms with Gasteiger partial charge < -0.3 is 10.2 Å². The Labute approximate surface area is 136 Å². The minimum Gasteiger partial charge on any atom is -0.369 e. The van der Waals surface area contributed by atoms with E-state index in [1.165, 1.54) is 67.6 Å². The maximum atomic E-state index is 3.76. The molecule has 2 heterocycles. The first kappa shape index (κ1) is 15.3. The standard InChI is InChI=1S/C17H26BrN3/c1-19-12-14-5-6-17(16(18)11-14)21-10-7-15(13-21)20-8-3-2-4-9-20/h5-6,11,15,19H,2-4,7-10,12-13H2,1H3. The lowest BCUT2D eigenvalue weighted by Crippen LogP contribution is -2.40. The summed E-state index contributed by atoms with van der Waals surface area (Å²) in [7, 11) is 1.99. The second-order valence-corrected chi connectivity index (χ2v) is 7.16. The molecule has 1 aromatic rings. The van der Waals surface area contributed by atoms with Crippen LogP contribution in [0, 0.1) is 0 Å². The van der Waals surface area contributed by atoms with Gasteiger partial charge in [0.25, 0.3) is 0 Å². The summed E-state index contributed by atoms with van der Waals surface area (Å²) in [5.41, 5.74) is 2.69. The average Bonchev–Trinajstić information content (AvgIpc) is 2.98. The summed E-state index contributed by atoms with van der Waals surface area (Å²) in [5, 5.41) is 3.21. The highest BCUT2D eigenvalue weighted by Gasteiger charge is 2.29. The predicted molar refractivity (Wildman–Crippen MR) is 92.9 cm³/mol. The SMILES string of the molecule is CNCc1ccc(N2CCC(N3CCCCC3)C2)c(Br)c1. The molecule has 1 atom stereocenters. The fourth-order valence-corrected chi connectivity index (χ4v) is 4.34. The molecule has 3 rings (SSSR count). The summed E-state index contributed by atoms with van der Waals surface area (Å²) >= 11 is 3.76. The van der Waals surface area contributed by atoms with E-state index in [9.17, 15) is 0 Å². The number of hydrogen-bond donors (Lipinski definition) is 1. The number of anilines is 1. The molecule has 0 aromatic heterocycles. The monoisotopic (exact) mass is 351 g/mol. The van der Waals surface area contributed by atoms with Gasteiger partial charge in [0.05, 0.1) is 5.69 Å². The van der Waals surface area contributed by atoms with Gasteiger partial charge in [0.15, 0.2) is 0 Å². The van der Waals surface area contributed by atoms with Gasteiger partial charge in [-0.2, -0.15) is 0 Å². The number of nitrogens with zero attached hydrogens (tertiary/aromatic N) is 2. The van der Waals surface area contributed by atoms with Crippen molar-refractivity contribution >= 4 is 21.6 Å². The van der Waals surface area contributed by atoms with Gasteiger partial charge in [-0.3, -0.25) is 4.90 Å². The topological polar surface area (TPSA) is 18.5 Å². The van der Waals surface area contributed by atoms with E-state index in [0.29, 0.717) is 0 Å². The van der Waals surface area contributed by atoms with Crippen molar-refractivity contribution in [3.8, 4) is 0 Å². The highest BCUT2D eigenvalue weighted by molar-refractivity contribution is 9.10. The highest BCUT2D eigenvalue weighted by atomic mass is 79.9. The van der Waals surface area contributed by atoms with E-state index in [1.807, 2.05) is 7.05 Å². The van der Waals surface area contributed by atoms with Crippen molar-refractivity contribution in [3.05, 3.63) is 28.2 Å². The van der Waals surface area contributed by atoms with Gasteiger partial charge in [-0.25, -0.2) is 0 Å². The minimum atomic E-state index is 0.759. The Balaban J connectivity index is 1.65. The third-order valence-electron chi connectivity index (χ3n) is 4.80. The van der Waals surface area contributed by atoms with E-state index in [2.05, 4.69) is 49.2 Å². The first-order chi connectivity index (χ1) is 10.3. The Kier molecular flexibility index (Phi) is 5.19. The van der Waals surface area contributed by atoms with Crippen molar-refractivity contribution in [1.82, 2.24) is 10.2 Å². The molecule has 0 radical (unpaired) electrons. The van der Waals surface area contributed by atoms with Crippen molar-refractivity contribution in [3.63, 3.8) is 0 Å².